The molecule has 7 heteroatoms. The van der Waals surface area contributed by atoms with Gasteiger partial charge in [0.1, 0.15) is 10.7 Å². The standard InChI is InChI=1S/C7H8ClNO4S/c1-4-6(14(8,11)12)3-5(13-4)7(10)9-2/h3H,1-2H3,(H,9,10). The highest BCUT2D eigenvalue weighted by atomic mass is 35.7. The fraction of sp³-hybridized carbons (Fsp3) is 0.286. The molecule has 0 unspecified atom stereocenters. The molecule has 14 heavy (non-hydrogen) atoms. The van der Waals surface area contributed by atoms with E-state index in [1.54, 1.807) is 0 Å². The van der Waals surface area contributed by atoms with Gasteiger partial charge in [0.2, 0.25) is 0 Å². The second kappa shape index (κ2) is 3.62. The molecule has 0 saturated carbocycles. The highest BCUT2D eigenvalue weighted by molar-refractivity contribution is 8.13. The average molecular weight is 238 g/mol. The Kier molecular flexibility index (Phi) is 2.86. The minimum absolute atomic E-state index is 0.0794. The van der Waals surface area contributed by atoms with Crippen LogP contribution in [0.1, 0.15) is 16.3 Å². The topological polar surface area (TPSA) is 76.4 Å². The summed E-state index contributed by atoms with van der Waals surface area (Å²) in [5.74, 6) is -0.484. The summed E-state index contributed by atoms with van der Waals surface area (Å²) in [6.45, 7) is 1.42. The highest BCUT2D eigenvalue weighted by Gasteiger charge is 2.21. The minimum atomic E-state index is -3.86. The maximum Gasteiger partial charge on any atom is 0.286 e. The number of hydrogen-bond acceptors (Lipinski definition) is 4. The first kappa shape index (κ1) is 11.1. The zero-order valence-corrected chi connectivity index (χ0v) is 9.07. The molecule has 1 aromatic heterocycles. The monoisotopic (exact) mass is 237 g/mol. The van der Waals surface area contributed by atoms with Crippen LogP contribution in [0.5, 0.6) is 0 Å². The third-order valence-electron chi connectivity index (χ3n) is 1.59. The Hall–Kier alpha value is -1.01. The van der Waals surface area contributed by atoms with Crippen LogP contribution in [0.25, 0.3) is 0 Å². The Morgan fingerprint density at radius 1 is 1.57 bits per heavy atom. The van der Waals surface area contributed by atoms with E-state index in [0.29, 0.717) is 0 Å². The molecule has 1 amide bonds. The number of hydrogen-bond donors (Lipinski definition) is 1. The van der Waals surface area contributed by atoms with Gasteiger partial charge in [0, 0.05) is 23.8 Å². The molecule has 0 radical (unpaired) electrons. The Morgan fingerprint density at radius 3 is 2.50 bits per heavy atom. The van der Waals surface area contributed by atoms with Gasteiger partial charge in [-0.3, -0.25) is 4.79 Å². The average Bonchev–Trinajstić information content (AvgIpc) is 2.45. The van der Waals surface area contributed by atoms with Crippen LogP contribution in [0.2, 0.25) is 0 Å². The van der Waals surface area contributed by atoms with E-state index in [9.17, 15) is 13.2 Å². The van der Waals surface area contributed by atoms with E-state index in [1.165, 1.54) is 14.0 Å². The Morgan fingerprint density at radius 2 is 2.14 bits per heavy atom. The van der Waals surface area contributed by atoms with Gasteiger partial charge >= 0.3 is 0 Å². The summed E-state index contributed by atoms with van der Waals surface area (Å²) in [5.41, 5.74) is 0. The van der Waals surface area contributed by atoms with Crippen LogP contribution >= 0.6 is 10.7 Å². The SMILES string of the molecule is CNC(=O)c1cc(S(=O)(=O)Cl)c(C)o1. The van der Waals surface area contributed by atoms with E-state index >= 15 is 0 Å². The third-order valence-corrected chi connectivity index (χ3v) is 3.02. The van der Waals surface area contributed by atoms with Gasteiger partial charge in [-0.1, -0.05) is 0 Å². The number of furan rings is 1. The molecule has 1 heterocycles. The maximum atomic E-state index is 11.1. The summed E-state index contributed by atoms with van der Waals surface area (Å²) in [6, 6.07) is 1.09. The molecule has 0 aliphatic heterocycles. The zero-order valence-electron chi connectivity index (χ0n) is 7.50. The van der Waals surface area contributed by atoms with Crippen molar-refractivity contribution in [3.8, 4) is 0 Å². The Bertz CT molecular complexity index is 462. The lowest BCUT2D eigenvalue weighted by Crippen LogP contribution is -2.16. The fourth-order valence-corrected chi connectivity index (χ4v) is 2.03. The number of halogens is 1. The van der Waals surface area contributed by atoms with Gasteiger partial charge in [0.15, 0.2) is 5.76 Å². The summed E-state index contributed by atoms with van der Waals surface area (Å²) >= 11 is 0. The minimum Gasteiger partial charge on any atom is -0.455 e. The lowest BCUT2D eigenvalue weighted by atomic mass is 10.4. The van der Waals surface area contributed by atoms with Crippen molar-refractivity contribution < 1.29 is 17.6 Å². The van der Waals surface area contributed by atoms with Crippen LogP contribution in [0.4, 0.5) is 0 Å². The number of carbonyl (C=O) groups excluding carboxylic acids is 1. The zero-order chi connectivity index (χ0) is 10.9. The molecule has 0 atom stereocenters. The molecule has 1 rings (SSSR count). The lowest BCUT2D eigenvalue weighted by molar-refractivity contribution is 0.0934. The summed E-state index contributed by atoms with van der Waals surface area (Å²) in [7, 11) is 2.66. The quantitative estimate of drug-likeness (QED) is 0.775. The molecule has 0 aromatic carbocycles. The van der Waals surface area contributed by atoms with E-state index in [2.05, 4.69) is 5.32 Å². The van der Waals surface area contributed by atoms with Crippen molar-refractivity contribution in [3.63, 3.8) is 0 Å². The van der Waals surface area contributed by atoms with Crippen molar-refractivity contribution in [2.45, 2.75) is 11.8 Å². The number of carbonyl (C=O) groups is 1. The van der Waals surface area contributed by atoms with Crippen LogP contribution in [0, 0.1) is 6.92 Å². The third kappa shape index (κ3) is 2.08. The fourth-order valence-electron chi connectivity index (χ4n) is 0.943. The first-order valence-electron chi connectivity index (χ1n) is 3.63. The molecule has 78 valence electrons. The van der Waals surface area contributed by atoms with Crippen LogP contribution in [-0.2, 0) is 9.05 Å². The first-order chi connectivity index (χ1) is 6.36. The molecule has 0 aliphatic carbocycles. The van der Waals surface area contributed by atoms with Gasteiger partial charge in [-0.25, -0.2) is 8.42 Å². The predicted molar refractivity (Wildman–Crippen MR) is 49.9 cm³/mol. The highest BCUT2D eigenvalue weighted by Crippen LogP contribution is 2.23. The maximum absolute atomic E-state index is 11.1. The van der Waals surface area contributed by atoms with Crippen molar-refractivity contribution in [1.82, 2.24) is 5.32 Å². The smallest absolute Gasteiger partial charge is 0.286 e. The van der Waals surface area contributed by atoms with Gasteiger partial charge in [0.25, 0.3) is 15.0 Å². The van der Waals surface area contributed by atoms with Crippen molar-refractivity contribution in [2.24, 2.45) is 0 Å². The Balaban J connectivity index is 3.25. The molecule has 0 spiro atoms. The summed E-state index contributed by atoms with van der Waals surface area (Å²) in [5, 5.41) is 2.30. The number of rotatable bonds is 2. The predicted octanol–water partition coefficient (Wildman–Crippen LogP) is 0.875. The van der Waals surface area contributed by atoms with Crippen LogP contribution in [0.15, 0.2) is 15.4 Å². The van der Waals surface area contributed by atoms with Crippen molar-refractivity contribution in [1.29, 1.82) is 0 Å². The molecular weight excluding hydrogens is 230 g/mol. The molecule has 0 aliphatic rings. The van der Waals surface area contributed by atoms with E-state index in [0.717, 1.165) is 6.07 Å². The second-order valence-corrected chi connectivity index (χ2v) is 5.08. The van der Waals surface area contributed by atoms with Gasteiger partial charge in [0.05, 0.1) is 0 Å². The van der Waals surface area contributed by atoms with Crippen molar-refractivity contribution in [3.05, 3.63) is 17.6 Å². The van der Waals surface area contributed by atoms with Gasteiger partial charge in [-0.05, 0) is 6.92 Å². The lowest BCUT2D eigenvalue weighted by Gasteiger charge is -1.91. The molecule has 1 N–H and O–H groups in total. The summed E-state index contributed by atoms with van der Waals surface area (Å²) < 4.78 is 26.8. The number of aryl methyl sites for hydroxylation is 1. The van der Waals surface area contributed by atoms with Crippen LogP contribution in [-0.4, -0.2) is 21.4 Å². The normalized spacial score (nSPS) is 11.4. The van der Waals surface area contributed by atoms with Crippen molar-refractivity contribution in [2.75, 3.05) is 7.05 Å². The molecule has 0 fully saturated rings. The van der Waals surface area contributed by atoms with Gasteiger partial charge < -0.3 is 9.73 Å². The molecule has 1 aromatic rings. The van der Waals surface area contributed by atoms with E-state index in [4.69, 9.17) is 15.1 Å². The largest absolute Gasteiger partial charge is 0.455 e. The summed E-state index contributed by atoms with van der Waals surface area (Å²) in [6.07, 6.45) is 0. The van der Waals surface area contributed by atoms with E-state index in [-0.39, 0.29) is 16.4 Å². The summed E-state index contributed by atoms with van der Waals surface area (Å²) in [4.78, 5) is 10.9. The number of nitrogens with one attached hydrogen (secondary N) is 1. The molecule has 0 saturated heterocycles. The molecule has 5 nitrogen and oxygen atoms in total. The van der Waals surface area contributed by atoms with Crippen molar-refractivity contribution >= 4 is 25.6 Å². The van der Waals surface area contributed by atoms with E-state index < -0.39 is 15.0 Å². The Labute approximate surface area is 85.5 Å². The van der Waals surface area contributed by atoms with Crippen LogP contribution < -0.4 is 5.32 Å². The second-order valence-electron chi connectivity index (χ2n) is 2.55. The van der Waals surface area contributed by atoms with Crippen LogP contribution in [0.3, 0.4) is 0 Å². The van der Waals surface area contributed by atoms with E-state index in [1.807, 2.05) is 0 Å². The molecule has 0 bridgehead atoms. The number of amides is 1. The van der Waals surface area contributed by atoms with Gasteiger partial charge in [-0.15, -0.1) is 0 Å². The molecular formula is C7H8ClNO4S. The first-order valence-corrected chi connectivity index (χ1v) is 5.94. The van der Waals surface area contributed by atoms with Gasteiger partial charge in [-0.2, -0.15) is 0 Å².